The van der Waals surface area contributed by atoms with Crippen LogP contribution in [0.25, 0.3) is 11.3 Å². The van der Waals surface area contributed by atoms with Crippen molar-refractivity contribution in [2.24, 2.45) is 11.1 Å². The van der Waals surface area contributed by atoms with Crippen LogP contribution < -0.4 is 11.1 Å². The molecule has 1 atom stereocenters. The third-order valence-electron chi connectivity index (χ3n) is 3.62. The molecule has 1 aromatic carbocycles. The Morgan fingerprint density at radius 3 is 2.90 bits per heavy atom. The van der Waals surface area contributed by atoms with Crippen molar-refractivity contribution in [3.8, 4) is 11.3 Å². The topological polar surface area (TPSA) is 81.2 Å². The minimum atomic E-state index is -0.553. The van der Waals surface area contributed by atoms with Gasteiger partial charge in [0.1, 0.15) is 0 Å². The summed E-state index contributed by atoms with van der Waals surface area (Å²) >= 11 is 0. The van der Waals surface area contributed by atoms with E-state index < -0.39 is 5.41 Å². The molecule has 0 aliphatic carbocycles. The molecule has 0 saturated carbocycles. The van der Waals surface area contributed by atoms with Crippen molar-refractivity contribution in [1.82, 2.24) is 4.98 Å². The highest BCUT2D eigenvalue weighted by atomic mass is 16.3. The second kappa shape index (κ2) is 5.88. The van der Waals surface area contributed by atoms with E-state index in [1.165, 1.54) is 6.39 Å². The second-order valence-electron chi connectivity index (χ2n) is 5.02. The lowest BCUT2D eigenvalue weighted by atomic mass is 9.86. The number of hydrogen-bond acceptors (Lipinski definition) is 4. The summed E-state index contributed by atoms with van der Waals surface area (Å²) in [5.41, 5.74) is 6.73. The Morgan fingerprint density at radius 2 is 2.30 bits per heavy atom. The number of aromatic nitrogens is 1. The molecule has 3 N–H and O–H groups in total. The van der Waals surface area contributed by atoms with Gasteiger partial charge < -0.3 is 15.5 Å². The van der Waals surface area contributed by atoms with Crippen molar-refractivity contribution in [3.63, 3.8) is 0 Å². The van der Waals surface area contributed by atoms with Crippen LogP contribution in [-0.2, 0) is 4.79 Å². The van der Waals surface area contributed by atoms with Gasteiger partial charge in [-0.1, -0.05) is 19.1 Å². The van der Waals surface area contributed by atoms with Gasteiger partial charge in [-0.3, -0.25) is 4.79 Å². The normalized spacial score (nSPS) is 13.8. The highest BCUT2D eigenvalue weighted by Gasteiger charge is 2.29. The quantitative estimate of drug-likeness (QED) is 0.877. The summed E-state index contributed by atoms with van der Waals surface area (Å²) in [6.07, 6.45) is 3.71. The van der Waals surface area contributed by atoms with E-state index in [4.69, 9.17) is 10.2 Å². The van der Waals surface area contributed by atoms with Crippen molar-refractivity contribution in [2.75, 3.05) is 11.9 Å². The van der Waals surface area contributed by atoms with Gasteiger partial charge in [0, 0.05) is 17.8 Å². The van der Waals surface area contributed by atoms with Gasteiger partial charge in [0.15, 0.2) is 12.2 Å². The van der Waals surface area contributed by atoms with E-state index >= 15 is 0 Å². The Hall–Kier alpha value is -2.14. The van der Waals surface area contributed by atoms with E-state index in [2.05, 4.69) is 10.3 Å². The summed E-state index contributed by atoms with van der Waals surface area (Å²) in [7, 11) is 0. The van der Waals surface area contributed by atoms with Crippen LogP contribution in [-0.4, -0.2) is 17.4 Å². The van der Waals surface area contributed by atoms with Crippen molar-refractivity contribution >= 4 is 11.6 Å². The van der Waals surface area contributed by atoms with E-state index in [0.717, 1.165) is 11.3 Å². The first-order valence-corrected chi connectivity index (χ1v) is 6.59. The summed E-state index contributed by atoms with van der Waals surface area (Å²) in [5.74, 6) is 0.593. The van der Waals surface area contributed by atoms with Crippen LogP contribution in [0, 0.1) is 5.41 Å². The van der Waals surface area contributed by atoms with Gasteiger partial charge in [0.2, 0.25) is 5.91 Å². The van der Waals surface area contributed by atoms with Crippen LogP contribution in [0.4, 0.5) is 5.69 Å². The van der Waals surface area contributed by atoms with E-state index in [1.54, 1.807) is 6.20 Å². The molecular formula is C15H19N3O2. The SMILES string of the molecule is CCC(C)(CN)C(=O)Nc1cccc(-c2cnco2)c1. The number of rotatable bonds is 5. The van der Waals surface area contributed by atoms with Gasteiger partial charge in [0.25, 0.3) is 0 Å². The first-order valence-electron chi connectivity index (χ1n) is 6.59. The number of nitrogens with zero attached hydrogens (tertiary/aromatic N) is 1. The molecule has 0 saturated heterocycles. The molecule has 20 heavy (non-hydrogen) atoms. The van der Waals surface area contributed by atoms with Crippen molar-refractivity contribution in [1.29, 1.82) is 0 Å². The predicted molar refractivity (Wildman–Crippen MR) is 78.0 cm³/mol. The Balaban J connectivity index is 2.19. The van der Waals surface area contributed by atoms with Crippen LogP contribution >= 0.6 is 0 Å². The summed E-state index contributed by atoms with van der Waals surface area (Å²) < 4.78 is 5.25. The monoisotopic (exact) mass is 273 g/mol. The minimum absolute atomic E-state index is 0.0720. The molecule has 0 aliphatic rings. The zero-order chi connectivity index (χ0) is 14.6. The first-order chi connectivity index (χ1) is 9.59. The molecule has 5 heteroatoms. The number of benzene rings is 1. The summed E-state index contributed by atoms with van der Waals surface area (Å²) in [6, 6.07) is 7.45. The zero-order valence-electron chi connectivity index (χ0n) is 11.7. The fourth-order valence-electron chi connectivity index (χ4n) is 1.79. The van der Waals surface area contributed by atoms with Crippen LogP contribution in [0.3, 0.4) is 0 Å². The van der Waals surface area contributed by atoms with E-state index in [-0.39, 0.29) is 5.91 Å². The Morgan fingerprint density at radius 1 is 1.50 bits per heavy atom. The van der Waals surface area contributed by atoms with Gasteiger partial charge in [-0.2, -0.15) is 0 Å². The molecule has 0 radical (unpaired) electrons. The third kappa shape index (κ3) is 2.88. The summed E-state index contributed by atoms with van der Waals surface area (Å²) in [5, 5.41) is 2.91. The molecule has 2 rings (SSSR count). The number of anilines is 1. The Labute approximate surface area is 118 Å². The lowest BCUT2D eigenvalue weighted by Crippen LogP contribution is -2.39. The Bertz CT molecular complexity index is 575. The maximum Gasteiger partial charge on any atom is 0.231 e. The van der Waals surface area contributed by atoms with Crippen LogP contribution in [0.1, 0.15) is 20.3 Å². The van der Waals surface area contributed by atoms with Crippen molar-refractivity contribution in [2.45, 2.75) is 20.3 Å². The molecule has 0 bridgehead atoms. The molecule has 1 aromatic heterocycles. The number of oxazole rings is 1. The molecule has 0 aliphatic heterocycles. The van der Waals surface area contributed by atoms with Gasteiger partial charge >= 0.3 is 0 Å². The van der Waals surface area contributed by atoms with Crippen LogP contribution in [0.2, 0.25) is 0 Å². The smallest absolute Gasteiger partial charge is 0.231 e. The molecule has 1 heterocycles. The maximum absolute atomic E-state index is 12.3. The zero-order valence-corrected chi connectivity index (χ0v) is 11.7. The summed E-state index contributed by atoms with van der Waals surface area (Å²) in [4.78, 5) is 16.2. The molecule has 5 nitrogen and oxygen atoms in total. The van der Waals surface area contributed by atoms with E-state index in [1.807, 2.05) is 38.1 Å². The van der Waals surface area contributed by atoms with Gasteiger partial charge in [-0.25, -0.2) is 4.98 Å². The number of carbonyl (C=O) groups is 1. The summed E-state index contributed by atoms with van der Waals surface area (Å²) in [6.45, 7) is 4.14. The fraction of sp³-hybridized carbons (Fsp3) is 0.333. The number of amides is 1. The van der Waals surface area contributed by atoms with E-state index in [9.17, 15) is 4.79 Å². The number of carbonyl (C=O) groups excluding carboxylic acids is 1. The van der Waals surface area contributed by atoms with Crippen LogP contribution in [0.5, 0.6) is 0 Å². The minimum Gasteiger partial charge on any atom is -0.444 e. The average Bonchev–Trinajstić information content (AvgIpc) is 3.01. The molecular weight excluding hydrogens is 254 g/mol. The Kier molecular flexibility index (Phi) is 4.20. The lowest BCUT2D eigenvalue weighted by Gasteiger charge is -2.25. The lowest BCUT2D eigenvalue weighted by molar-refractivity contribution is -0.124. The van der Waals surface area contributed by atoms with Crippen molar-refractivity contribution in [3.05, 3.63) is 36.9 Å². The fourth-order valence-corrected chi connectivity index (χ4v) is 1.79. The highest BCUT2D eigenvalue weighted by Crippen LogP contribution is 2.25. The highest BCUT2D eigenvalue weighted by molar-refractivity contribution is 5.95. The van der Waals surface area contributed by atoms with Crippen molar-refractivity contribution < 1.29 is 9.21 Å². The number of hydrogen-bond donors (Lipinski definition) is 2. The van der Waals surface area contributed by atoms with E-state index in [0.29, 0.717) is 18.7 Å². The predicted octanol–water partition coefficient (Wildman–Crippen LogP) is 2.66. The molecule has 0 fully saturated rings. The third-order valence-corrected chi connectivity index (χ3v) is 3.62. The second-order valence-corrected chi connectivity index (χ2v) is 5.02. The first kappa shape index (κ1) is 14.3. The standard InChI is InChI=1S/C15H19N3O2/c1-3-15(2,9-16)14(19)18-12-6-4-5-11(7-12)13-8-17-10-20-13/h4-8,10H,3,9,16H2,1-2H3,(H,18,19). The molecule has 1 amide bonds. The van der Waals surface area contributed by atoms with Crippen LogP contribution in [0.15, 0.2) is 41.3 Å². The number of nitrogens with one attached hydrogen (secondary N) is 1. The molecule has 2 aromatic rings. The maximum atomic E-state index is 12.3. The molecule has 0 spiro atoms. The number of nitrogens with two attached hydrogens (primary N) is 1. The molecule has 106 valence electrons. The van der Waals surface area contributed by atoms with Gasteiger partial charge in [0.05, 0.1) is 11.6 Å². The molecule has 1 unspecified atom stereocenters. The van der Waals surface area contributed by atoms with Gasteiger partial charge in [-0.05, 0) is 25.5 Å². The van der Waals surface area contributed by atoms with Gasteiger partial charge in [-0.15, -0.1) is 0 Å². The average molecular weight is 273 g/mol. The largest absolute Gasteiger partial charge is 0.444 e.